The Balaban J connectivity index is 1.87. The number of phenols is 1. The van der Waals surface area contributed by atoms with Crippen LogP contribution in [-0.2, 0) is 13.2 Å². The van der Waals surface area contributed by atoms with Crippen molar-refractivity contribution in [1.29, 1.82) is 0 Å². The molecule has 0 aliphatic carbocycles. The van der Waals surface area contributed by atoms with Gasteiger partial charge in [0.25, 0.3) is 5.56 Å². The number of alkyl halides is 3. The van der Waals surface area contributed by atoms with Crippen LogP contribution in [0, 0.1) is 0 Å². The first-order chi connectivity index (χ1) is 13.2. The number of piperidine rings is 1. The molecule has 1 aromatic carbocycles. The molecule has 1 aromatic heterocycles. The maximum absolute atomic E-state index is 12.8. The van der Waals surface area contributed by atoms with Gasteiger partial charge in [0, 0.05) is 19.6 Å². The van der Waals surface area contributed by atoms with Gasteiger partial charge in [-0.3, -0.25) is 9.36 Å². The van der Waals surface area contributed by atoms with E-state index < -0.39 is 23.0 Å². The fourth-order valence-corrected chi connectivity index (χ4v) is 3.34. The third-order valence-electron chi connectivity index (χ3n) is 4.93. The molecule has 2 heterocycles. The molecule has 0 saturated carbocycles. The molecule has 1 fully saturated rings. The molecule has 1 aliphatic rings. The lowest BCUT2D eigenvalue weighted by Gasteiger charge is -2.32. The van der Waals surface area contributed by atoms with Crippen molar-refractivity contribution in [3.8, 4) is 17.1 Å². The van der Waals surface area contributed by atoms with Crippen LogP contribution in [-0.4, -0.2) is 50.4 Å². The van der Waals surface area contributed by atoms with Gasteiger partial charge in [0.1, 0.15) is 5.75 Å². The minimum atomic E-state index is -4.58. The van der Waals surface area contributed by atoms with Crippen molar-refractivity contribution >= 4 is 5.82 Å². The predicted octanol–water partition coefficient (Wildman–Crippen LogP) is 2.46. The van der Waals surface area contributed by atoms with Crippen molar-refractivity contribution in [3.05, 3.63) is 34.1 Å². The Morgan fingerprint density at radius 3 is 2.71 bits per heavy atom. The second-order valence-electron chi connectivity index (χ2n) is 6.84. The number of anilines is 1. The summed E-state index contributed by atoms with van der Waals surface area (Å²) < 4.78 is 39.5. The summed E-state index contributed by atoms with van der Waals surface area (Å²) in [6.07, 6.45) is -2.66. The Kier molecular flexibility index (Phi) is 5.59. The van der Waals surface area contributed by atoms with Crippen molar-refractivity contribution in [2.75, 3.05) is 25.0 Å². The lowest BCUT2D eigenvalue weighted by atomic mass is 10.1. The first-order valence-electron chi connectivity index (χ1n) is 9.04. The maximum Gasteiger partial charge on any atom is 0.416 e. The Morgan fingerprint density at radius 2 is 2.07 bits per heavy atom. The molecular weight excluding hydrogens is 375 g/mol. The quantitative estimate of drug-likeness (QED) is 0.825. The summed E-state index contributed by atoms with van der Waals surface area (Å²) >= 11 is 0. The lowest BCUT2D eigenvalue weighted by Crippen LogP contribution is -2.43. The van der Waals surface area contributed by atoms with Gasteiger partial charge in [-0.15, -0.1) is 10.2 Å². The van der Waals surface area contributed by atoms with Crippen molar-refractivity contribution in [2.45, 2.75) is 32.0 Å². The van der Waals surface area contributed by atoms with Gasteiger partial charge in [0.05, 0.1) is 11.1 Å². The number of likely N-dealkylation sites (tertiary alicyclic amines) is 1. The van der Waals surface area contributed by atoms with Gasteiger partial charge in [-0.1, -0.05) is 6.92 Å². The van der Waals surface area contributed by atoms with Crippen LogP contribution in [0.3, 0.4) is 0 Å². The van der Waals surface area contributed by atoms with Gasteiger partial charge in [-0.05, 0) is 44.1 Å². The van der Waals surface area contributed by atoms with Crippen LogP contribution < -0.4 is 10.9 Å². The van der Waals surface area contributed by atoms with E-state index in [4.69, 9.17) is 0 Å². The number of likely N-dealkylation sites (N-methyl/N-ethyl adjacent to an activating group) is 1. The molecule has 0 amide bonds. The Hall–Kier alpha value is -2.62. The molecule has 1 atom stereocenters. The number of hydrogen-bond donors (Lipinski definition) is 2. The van der Waals surface area contributed by atoms with Gasteiger partial charge in [-0.2, -0.15) is 13.2 Å². The number of nitrogens with zero attached hydrogens (tertiary/aromatic N) is 4. The topological polar surface area (TPSA) is 83.3 Å². The Morgan fingerprint density at radius 1 is 1.32 bits per heavy atom. The second kappa shape index (κ2) is 7.78. The molecule has 10 heteroatoms. The van der Waals surface area contributed by atoms with Crippen molar-refractivity contribution in [3.63, 3.8) is 0 Å². The van der Waals surface area contributed by atoms with Crippen LogP contribution >= 0.6 is 0 Å². The average Bonchev–Trinajstić information content (AvgIpc) is 2.65. The van der Waals surface area contributed by atoms with E-state index in [1.54, 1.807) is 0 Å². The number of aromatic nitrogens is 3. The van der Waals surface area contributed by atoms with E-state index in [1.807, 2.05) is 0 Å². The van der Waals surface area contributed by atoms with Crippen molar-refractivity contribution in [2.24, 2.45) is 7.05 Å². The van der Waals surface area contributed by atoms with E-state index in [9.17, 15) is 23.1 Å². The van der Waals surface area contributed by atoms with Crippen LogP contribution in [0.25, 0.3) is 11.4 Å². The Labute approximate surface area is 159 Å². The van der Waals surface area contributed by atoms with Crippen LogP contribution in [0.15, 0.2) is 23.0 Å². The van der Waals surface area contributed by atoms with Gasteiger partial charge in [0.15, 0.2) is 5.82 Å². The predicted molar refractivity (Wildman–Crippen MR) is 98.1 cm³/mol. The molecule has 2 aromatic rings. The second-order valence-corrected chi connectivity index (χ2v) is 6.84. The third-order valence-corrected chi connectivity index (χ3v) is 4.93. The first-order valence-corrected chi connectivity index (χ1v) is 9.04. The van der Waals surface area contributed by atoms with E-state index in [1.165, 1.54) is 7.05 Å². The fraction of sp³-hybridized carbons (Fsp3) is 0.500. The van der Waals surface area contributed by atoms with Gasteiger partial charge >= 0.3 is 6.18 Å². The summed E-state index contributed by atoms with van der Waals surface area (Å²) in [4.78, 5) is 14.9. The molecular formula is C18H22F3N5O2. The number of benzene rings is 1. The number of phenolic OH excluding ortho intramolecular Hbond substituents is 1. The molecule has 2 N–H and O–H groups in total. The highest BCUT2D eigenvalue weighted by atomic mass is 19.4. The SMILES string of the molecule is CCN1CCC[C@@H](Nc2nnc(-c3ccc(C(F)(F)F)cc3O)n(C)c2=O)C1. The zero-order valence-electron chi connectivity index (χ0n) is 15.6. The molecule has 1 aliphatic heterocycles. The van der Waals surface area contributed by atoms with Crippen LogP contribution in [0.4, 0.5) is 19.0 Å². The summed E-state index contributed by atoms with van der Waals surface area (Å²) in [5.41, 5.74) is -1.44. The highest BCUT2D eigenvalue weighted by Crippen LogP contribution is 2.35. The van der Waals surface area contributed by atoms with Gasteiger partial charge < -0.3 is 15.3 Å². The largest absolute Gasteiger partial charge is 0.507 e. The van der Waals surface area contributed by atoms with Crippen molar-refractivity contribution in [1.82, 2.24) is 19.7 Å². The van der Waals surface area contributed by atoms with E-state index in [0.717, 1.165) is 49.2 Å². The van der Waals surface area contributed by atoms with E-state index >= 15 is 0 Å². The molecule has 0 unspecified atom stereocenters. The van der Waals surface area contributed by atoms with Crippen molar-refractivity contribution < 1.29 is 18.3 Å². The van der Waals surface area contributed by atoms with E-state index in [0.29, 0.717) is 6.07 Å². The fourth-order valence-electron chi connectivity index (χ4n) is 3.34. The minimum absolute atomic E-state index is 0.00137. The molecule has 0 bridgehead atoms. The van der Waals surface area contributed by atoms with Gasteiger partial charge in [0.2, 0.25) is 5.82 Å². The summed E-state index contributed by atoms with van der Waals surface area (Å²) in [5, 5.41) is 21.0. The van der Waals surface area contributed by atoms with E-state index in [2.05, 4.69) is 27.3 Å². The number of aromatic hydroxyl groups is 1. The summed E-state index contributed by atoms with van der Waals surface area (Å²) in [5.74, 6) is -0.549. The number of nitrogens with one attached hydrogen (secondary N) is 1. The van der Waals surface area contributed by atoms with Crippen LogP contribution in [0.5, 0.6) is 5.75 Å². The molecule has 7 nitrogen and oxygen atoms in total. The molecule has 3 rings (SSSR count). The zero-order valence-corrected chi connectivity index (χ0v) is 15.6. The highest BCUT2D eigenvalue weighted by Gasteiger charge is 2.31. The number of rotatable bonds is 4. The monoisotopic (exact) mass is 397 g/mol. The Bertz CT molecular complexity index is 913. The summed E-state index contributed by atoms with van der Waals surface area (Å²) in [6, 6.07) is 2.58. The average molecular weight is 397 g/mol. The number of hydrogen-bond acceptors (Lipinski definition) is 6. The van der Waals surface area contributed by atoms with E-state index in [-0.39, 0.29) is 23.2 Å². The first kappa shape index (κ1) is 20.1. The molecule has 28 heavy (non-hydrogen) atoms. The smallest absolute Gasteiger partial charge is 0.416 e. The maximum atomic E-state index is 12.8. The zero-order chi connectivity index (χ0) is 20.5. The molecule has 152 valence electrons. The number of halogens is 3. The van der Waals surface area contributed by atoms with Crippen LogP contribution in [0.2, 0.25) is 0 Å². The minimum Gasteiger partial charge on any atom is -0.507 e. The molecule has 0 spiro atoms. The highest BCUT2D eigenvalue weighted by molar-refractivity contribution is 5.65. The standard InChI is InChI=1S/C18H22F3N5O2/c1-3-26-8-4-5-12(10-26)22-15-17(28)25(2)16(24-23-15)13-7-6-11(9-14(13)27)18(19,20)21/h6-7,9,12,27H,3-5,8,10H2,1-2H3,(H,22,23)/t12-/m1/s1. The van der Waals surface area contributed by atoms with Gasteiger partial charge in [-0.25, -0.2) is 0 Å². The normalized spacial score (nSPS) is 18.2. The summed E-state index contributed by atoms with van der Waals surface area (Å²) in [7, 11) is 1.44. The van der Waals surface area contributed by atoms with Crippen LogP contribution in [0.1, 0.15) is 25.3 Å². The molecule has 0 radical (unpaired) electrons. The molecule has 1 saturated heterocycles. The summed E-state index contributed by atoms with van der Waals surface area (Å²) in [6.45, 7) is 4.81. The third kappa shape index (κ3) is 4.11. The lowest BCUT2D eigenvalue weighted by molar-refractivity contribution is -0.137.